The highest BCUT2D eigenvalue weighted by Crippen LogP contribution is 2.22. The Hall–Kier alpha value is -1.33. The van der Waals surface area contributed by atoms with Crippen LogP contribution in [-0.4, -0.2) is 34.5 Å². The van der Waals surface area contributed by atoms with E-state index in [4.69, 9.17) is 11.6 Å². The monoisotopic (exact) mass is 310 g/mol. The van der Waals surface area contributed by atoms with Gasteiger partial charge in [-0.1, -0.05) is 18.0 Å². The van der Waals surface area contributed by atoms with Crippen molar-refractivity contribution in [2.75, 3.05) is 11.9 Å². The molecule has 0 bridgehead atoms. The van der Waals surface area contributed by atoms with Gasteiger partial charge in [-0.25, -0.2) is 9.99 Å². The molecule has 116 valence electrons. The number of aromatic nitrogens is 1. The topological polar surface area (TPSA) is 57.3 Å². The van der Waals surface area contributed by atoms with Crippen LogP contribution >= 0.6 is 11.6 Å². The summed E-state index contributed by atoms with van der Waals surface area (Å²) in [5, 5.41) is 5.49. The maximum Gasteiger partial charge on any atom is 0.267 e. The average Bonchev–Trinajstić information content (AvgIpc) is 2.45. The van der Waals surface area contributed by atoms with Crippen LogP contribution in [0.5, 0.6) is 0 Å². The maximum atomic E-state index is 12.5. The molecule has 1 saturated heterocycles. The van der Waals surface area contributed by atoms with Gasteiger partial charge >= 0.3 is 0 Å². The summed E-state index contributed by atoms with van der Waals surface area (Å²) < 4.78 is 0. The quantitative estimate of drug-likeness (QED) is 0.897. The normalized spacial score (nSPS) is 22.9. The average molecular weight is 311 g/mol. The minimum Gasteiger partial charge on any atom is -0.370 e. The molecule has 6 heteroatoms. The molecule has 2 unspecified atom stereocenters. The molecule has 21 heavy (non-hydrogen) atoms. The van der Waals surface area contributed by atoms with E-state index in [1.165, 1.54) is 12.6 Å². The van der Waals surface area contributed by atoms with Crippen LogP contribution in [-0.2, 0) is 0 Å². The lowest BCUT2D eigenvalue weighted by atomic mass is 10.00. The first kappa shape index (κ1) is 16.0. The Morgan fingerprint density at radius 3 is 2.71 bits per heavy atom. The molecular formula is C15H23ClN4O. The van der Waals surface area contributed by atoms with Gasteiger partial charge in [0.15, 0.2) is 0 Å². The Kier molecular flexibility index (Phi) is 5.42. The van der Waals surface area contributed by atoms with Crippen LogP contribution in [0, 0.1) is 0 Å². The summed E-state index contributed by atoms with van der Waals surface area (Å²) in [7, 11) is 0. The van der Waals surface area contributed by atoms with Crippen molar-refractivity contribution >= 4 is 23.3 Å². The van der Waals surface area contributed by atoms with Crippen molar-refractivity contribution in [2.45, 2.75) is 52.1 Å². The first-order valence-electron chi connectivity index (χ1n) is 7.51. The van der Waals surface area contributed by atoms with Crippen molar-refractivity contribution in [2.24, 2.45) is 0 Å². The van der Waals surface area contributed by atoms with Gasteiger partial charge in [0, 0.05) is 24.8 Å². The third kappa shape index (κ3) is 3.86. The van der Waals surface area contributed by atoms with Gasteiger partial charge in [0.05, 0.1) is 10.6 Å². The minimum absolute atomic E-state index is 0.179. The molecule has 0 radical (unpaired) electrons. The summed E-state index contributed by atoms with van der Waals surface area (Å²) in [4.78, 5) is 16.6. The van der Waals surface area contributed by atoms with Gasteiger partial charge < -0.3 is 5.32 Å². The van der Waals surface area contributed by atoms with Crippen molar-refractivity contribution in [1.29, 1.82) is 0 Å². The lowest BCUT2D eigenvalue weighted by molar-refractivity contribution is 0.0370. The molecule has 2 N–H and O–H groups in total. The molecule has 1 aromatic rings. The van der Waals surface area contributed by atoms with Gasteiger partial charge in [-0.05, 0) is 39.7 Å². The zero-order valence-electron chi connectivity index (χ0n) is 12.8. The Morgan fingerprint density at radius 1 is 1.43 bits per heavy atom. The Morgan fingerprint density at radius 2 is 2.10 bits per heavy atom. The number of hydrazine groups is 1. The van der Waals surface area contributed by atoms with E-state index < -0.39 is 0 Å². The Labute approximate surface area is 131 Å². The lowest BCUT2D eigenvalue weighted by Gasteiger charge is -2.38. The molecule has 2 heterocycles. The largest absolute Gasteiger partial charge is 0.370 e. The number of carbonyl (C=O) groups excluding carboxylic acids is 1. The van der Waals surface area contributed by atoms with Crippen LogP contribution in [0.25, 0.3) is 0 Å². The molecule has 2 atom stereocenters. The fraction of sp³-hybridized carbons (Fsp3) is 0.600. The number of carbonyl (C=O) groups is 1. The van der Waals surface area contributed by atoms with Crippen LogP contribution in [0.4, 0.5) is 5.82 Å². The zero-order valence-corrected chi connectivity index (χ0v) is 13.6. The van der Waals surface area contributed by atoms with E-state index in [1.54, 1.807) is 6.07 Å². The van der Waals surface area contributed by atoms with Crippen LogP contribution in [0.1, 0.15) is 50.4 Å². The second kappa shape index (κ2) is 7.09. The number of halogens is 1. The molecule has 1 aromatic heterocycles. The van der Waals surface area contributed by atoms with Gasteiger partial charge in [0.2, 0.25) is 0 Å². The second-order valence-electron chi connectivity index (χ2n) is 5.56. The SMILES string of the molecule is CCNc1cc(C(=O)NN2C(C)CCCC2C)c(Cl)cn1. The zero-order chi connectivity index (χ0) is 15.4. The molecule has 0 aromatic carbocycles. The maximum absolute atomic E-state index is 12.5. The second-order valence-corrected chi connectivity index (χ2v) is 5.96. The van der Waals surface area contributed by atoms with E-state index in [2.05, 4.69) is 29.6 Å². The summed E-state index contributed by atoms with van der Waals surface area (Å²) >= 11 is 6.11. The molecule has 0 saturated carbocycles. The van der Waals surface area contributed by atoms with Crippen LogP contribution in [0.15, 0.2) is 12.3 Å². The fourth-order valence-corrected chi connectivity index (χ4v) is 2.90. The third-order valence-electron chi connectivity index (χ3n) is 3.88. The van der Waals surface area contributed by atoms with Crippen molar-refractivity contribution in [3.05, 3.63) is 22.8 Å². The highest BCUT2D eigenvalue weighted by molar-refractivity contribution is 6.33. The number of rotatable bonds is 4. The summed E-state index contributed by atoms with van der Waals surface area (Å²) in [6.07, 6.45) is 4.90. The molecule has 0 spiro atoms. The standard InChI is InChI=1S/C15H23ClN4O/c1-4-17-14-8-12(13(16)9-18-14)15(21)19-20-10(2)6-5-7-11(20)3/h8-11H,4-7H2,1-3H3,(H,17,18)(H,19,21). The number of hydrogen-bond donors (Lipinski definition) is 2. The van der Waals surface area contributed by atoms with Gasteiger partial charge in [-0.2, -0.15) is 0 Å². The lowest BCUT2D eigenvalue weighted by Crippen LogP contribution is -2.54. The number of anilines is 1. The Balaban J connectivity index is 2.14. The number of pyridine rings is 1. The molecule has 1 aliphatic rings. The summed E-state index contributed by atoms with van der Waals surface area (Å²) in [5.74, 6) is 0.481. The molecule has 1 amide bonds. The van der Waals surface area contributed by atoms with Crippen molar-refractivity contribution in [1.82, 2.24) is 15.4 Å². The molecular weight excluding hydrogens is 288 g/mol. The van der Waals surface area contributed by atoms with E-state index in [0.717, 1.165) is 19.4 Å². The fourth-order valence-electron chi connectivity index (χ4n) is 2.71. The van der Waals surface area contributed by atoms with E-state index in [1.807, 2.05) is 11.9 Å². The first-order valence-corrected chi connectivity index (χ1v) is 7.89. The number of amides is 1. The van der Waals surface area contributed by atoms with Crippen LogP contribution < -0.4 is 10.7 Å². The molecule has 1 aliphatic heterocycles. The van der Waals surface area contributed by atoms with E-state index >= 15 is 0 Å². The number of piperidine rings is 1. The van der Waals surface area contributed by atoms with Gasteiger partial charge in [0.1, 0.15) is 5.82 Å². The predicted octanol–water partition coefficient (Wildman–Crippen LogP) is 3.07. The summed E-state index contributed by atoms with van der Waals surface area (Å²) in [5.41, 5.74) is 3.45. The molecule has 5 nitrogen and oxygen atoms in total. The predicted molar refractivity (Wildman–Crippen MR) is 85.5 cm³/mol. The van der Waals surface area contributed by atoms with E-state index in [9.17, 15) is 4.79 Å². The molecule has 0 aliphatic carbocycles. The number of hydrogen-bond acceptors (Lipinski definition) is 4. The smallest absolute Gasteiger partial charge is 0.267 e. The third-order valence-corrected chi connectivity index (χ3v) is 4.18. The van der Waals surface area contributed by atoms with Crippen LogP contribution in [0.3, 0.4) is 0 Å². The van der Waals surface area contributed by atoms with Crippen molar-refractivity contribution < 1.29 is 4.79 Å². The highest BCUT2D eigenvalue weighted by Gasteiger charge is 2.27. The van der Waals surface area contributed by atoms with Crippen LogP contribution in [0.2, 0.25) is 5.02 Å². The summed E-state index contributed by atoms with van der Waals surface area (Å²) in [6.45, 7) is 6.99. The first-order chi connectivity index (χ1) is 10.0. The number of nitrogens with zero attached hydrogens (tertiary/aromatic N) is 2. The molecule has 1 fully saturated rings. The van der Waals surface area contributed by atoms with Gasteiger partial charge in [0.25, 0.3) is 5.91 Å². The Bertz CT molecular complexity index is 498. The highest BCUT2D eigenvalue weighted by atomic mass is 35.5. The van der Waals surface area contributed by atoms with Gasteiger partial charge in [-0.15, -0.1) is 0 Å². The van der Waals surface area contributed by atoms with Gasteiger partial charge in [-0.3, -0.25) is 10.2 Å². The number of nitrogens with one attached hydrogen (secondary N) is 2. The summed E-state index contributed by atoms with van der Waals surface area (Å²) in [6, 6.07) is 2.37. The van der Waals surface area contributed by atoms with E-state index in [-0.39, 0.29) is 5.91 Å². The van der Waals surface area contributed by atoms with E-state index in [0.29, 0.717) is 28.5 Å². The van der Waals surface area contributed by atoms with Crippen molar-refractivity contribution in [3.63, 3.8) is 0 Å². The molecule has 2 rings (SSSR count). The van der Waals surface area contributed by atoms with Crippen molar-refractivity contribution in [3.8, 4) is 0 Å². The minimum atomic E-state index is -0.179.